The lowest BCUT2D eigenvalue weighted by molar-refractivity contribution is 0.0491. The van der Waals surface area contributed by atoms with E-state index in [2.05, 4.69) is 10.7 Å². The number of hydrogen-bond acceptors (Lipinski definition) is 5. The van der Waals surface area contributed by atoms with Crippen molar-refractivity contribution in [2.45, 2.75) is 6.17 Å². The zero-order valence-corrected chi connectivity index (χ0v) is 15.6. The maximum Gasteiger partial charge on any atom is 0.276 e. The zero-order chi connectivity index (χ0) is 20.4. The second-order valence-corrected chi connectivity index (χ2v) is 6.53. The summed E-state index contributed by atoms with van der Waals surface area (Å²) >= 11 is 0. The van der Waals surface area contributed by atoms with Crippen LogP contribution >= 0.6 is 0 Å². The Morgan fingerprint density at radius 1 is 1.03 bits per heavy atom. The lowest BCUT2D eigenvalue weighted by Gasteiger charge is -2.37. The van der Waals surface area contributed by atoms with Gasteiger partial charge in [-0.25, -0.2) is 5.01 Å². The molecular formula is C22H19N3O4. The van der Waals surface area contributed by atoms with Gasteiger partial charge in [-0.1, -0.05) is 24.3 Å². The summed E-state index contributed by atoms with van der Waals surface area (Å²) in [5.41, 5.74) is 4.94. The van der Waals surface area contributed by atoms with Crippen molar-refractivity contribution in [3.8, 4) is 11.5 Å². The van der Waals surface area contributed by atoms with Crippen LogP contribution in [0.4, 0.5) is 5.69 Å². The molecule has 0 aromatic heterocycles. The number of anilines is 1. The van der Waals surface area contributed by atoms with Crippen LogP contribution in [-0.4, -0.2) is 29.0 Å². The van der Waals surface area contributed by atoms with Gasteiger partial charge >= 0.3 is 0 Å². The average molecular weight is 389 g/mol. The molecule has 1 aliphatic rings. The highest BCUT2D eigenvalue weighted by molar-refractivity contribution is 6.04. The second-order valence-electron chi connectivity index (χ2n) is 6.53. The van der Waals surface area contributed by atoms with Crippen LogP contribution < -0.4 is 15.5 Å². The Bertz CT molecular complexity index is 1050. The topological polar surface area (TPSA) is 90.9 Å². The van der Waals surface area contributed by atoms with E-state index in [-0.39, 0.29) is 11.7 Å². The highest BCUT2D eigenvalue weighted by atomic mass is 16.5. The third-order valence-corrected chi connectivity index (χ3v) is 4.71. The molecule has 0 bridgehead atoms. The van der Waals surface area contributed by atoms with Gasteiger partial charge in [-0.3, -0.25) is 15.0 Å². The Kier molecular flexibility index (Phi) is 4.78. The molecule has 7 heteroatoms. The first-order valence-corrected chi connectivity index (χ1v) is 9.00. The number of benzene rings is 3. The number of nitrogens with zero attached hydrogens (tertiary/aromatic N) is 1. The molecule has 1 heterocycles. The molecule has 3 aromatic carbocycles. The first-order chi connectivity index (χ1) is 14.1. The summed E-state index contributed by atoms with van der Waals surface area (Å²) in [6.07, 6.45) is -0.607. The van der Waals surface area contributed by atoms with Crippen molar-refractivity contribution >= 4 is 17.5 Å². The summed E-state index contributed by atoms with van der Waals surface area (Å²) in [6, 6.07) is 20.2. The maximum atomic E-state index is 13.2. The number of aromatic hydroxyl groups is 1. The summed E-state index contributed by atoms with van der Waals surface area (Å²) in [4.78, 5) is 25.9. The van der Waals surface area contributed by atoms with E-state index in [0.29, 0.717) is 22.6 Å². The summed E-state index contributed by atoms with van der Waals surface area (Å²) in [6.45, 7) is 0. The molecule has 0 radical (unpaired) electrons. The molecule has 2 amide bonds. The van der Waals surface area contributed by atoms with Crippen LogP contribution in [0.3, 0.4) is 0 Å². The molecule has 0 saturated heterocycles. The lowest BCUT2D eigenvalue weighted by atomic mass is 10.0. The van der Waals surface area contributed by atoms with Crippen LogP contribution in [0.1, 0.15) is 32.4 Å². The minimum Gasteiger partial charge on any atom is -0.508 e. The Balaban J connectivity index is 1.69. The number of carbonyl (C=O) groups excluding carboxylic acids is 2. The molecule has 1 unspecified atom stereocenters. The molecule has 3 N–H and O–H groups in total. The van der Waals surface area contributed by atoms with E-state index in [1.807, 2.05) is 24.3 Å². The van der Waals surface area contributed by atoms with E-state index >= 15 is 0 Å². The van der Waals surface area contributed by atoms with Crippen LogP contribution in [0.5, 0.6) is 11.5 Å². The van der Waals surface area contributed by atoms with Crippen molar-refractivity contribution in [1.29, 1.82) is 0 Å². The predicted octanol–water partition coefficient (Wildman–Crippen LogP) is 3.31. The second kappa shape index (κ2) is 7.55. The van der Waals surface area contributed by atoms with Gasteiger partial charge in [0.25, 0.3) is 11.8 Å². The molecular weight excluding hydrogens is 370 g/mol. The number of hydrazine groups is 1. The van der Waals surface area contributed by atoms with Crippen molar-refractivity contribution in [2.24, 2.45) is 0 Å². The van der Waals surface area contributed by atoms with Crippen LogP contribution in [0.2, 0.25) is 0 Å². The summed E-state index contributed by atoms with van der Waals surface area (Å²) in [5.74, 6) is -0.0383. The number of rotatable bonds is 4. The number of ether oxygens (including phenoxy) is 1. The average Bonchev–Trinajstić information content (AvgIpc) is 2.76. The minimum absolute atomic E-state index is 0.0577. The lowest BCUT2D eigenvalue weighted by Crippen LogP contribution is -2.52. The van der Waals surface area contributed by atoms with E-state index in [1.165, 1.54) is 29.3 Å². The van der Waals surface area contributed by atoms with Gasteiger partial charge in [0.15, 0.2) is 0 Å². The molecule has 0 aliphatic carbocycles. The van der Waals surface area contributed by atoms with Gasteiger partial charge in [0.05, 0.1) is 12.7 Å². The molecule has 29 heavy (non-hydrogen) atoms. The quantitative estimate of drug-likeness (QED) is 0.637. The Hall–Kier alpha value is -4.00. The monoisotopic (exact) mass is 389 g/mol. The van der Waals surface area contributed by atoms with E-state index in [4.69, 9.17) is 4.74 Å². The van der Waals surface area contributed by atoms with E-state index < -0.39 is 12.1 Å². The first-order valence-electron chi connectivity index (χ1n) is 9.00. The van der Waals surface area contributed by atoms with Gasteiger partial charge in [-0.05, 0) is 54.1 Å². The van der Waals surface area contributed by atoms with Crippen molar-refractivity contribution in [3.05, 3.63) is 89.5 Å². The van der Waals surface area contributed by atoms with Crippen LogP contribution in [0, 0.1) is 0 Å². The number of fused-ring (bicyclic) bond motifs is 1. The van der Waals surface area contributed by atoms with Crippen molar-refractivity contribution in [3.63, 3.8) is 0 Å². The largest absolute Gasteiger partial charge is 0.508 e. The zero-order valence-electron chi connectivity index (χ0n) is 15.6. The smallest absolute Gasteiger partial charge is 0.276 e. The fraction of sp³-hybridized carbons (Fsp3) is 0.0909. The molecule has 0 fully saturated rings. The molecule has 0 spiro atoms. The van der Waals surface area contributed by atoms with E-state index in [1.54, 1.807) is 31.4 Å². The first kappa shape index (κ1) is 18.4. The van der Waals surface area contributed by atoms with Gasteiger partial charge in [0.1, 0.15) is 17.7 Å². The van der Waals surface area contributed by atoms with Crippen LogP contribution in [-0.2, 0) is 0 Å². The fourth-order valence-corrected chi connectivity index (χ4v) is 3.18. The number of phenolic OH excluding ortho intramolecular Hbond substituents is 1. The standard InChI is InChI=1S/C22H19N3O4/c1-29-17-12-8-14(9-13-17)20-23-19-5-3-2-4-18(19)22(28)25(20)24-21(27)15-6-10-16(26)11-7-15/h2-13,20,23,26H,1H3,(H,24,27). The highest BCUT2D eigenvalue weighted by Gasteiger charge is 2.34. The number of para-hydroxylation sites is 1. The highest BCUT2D eigenvalue weighted by Crippen LogP contribution is 2.32. The van der Waals surface area contributed by atoms with Crippen molar-refractivity contribution in [2.75, 3.05) is 12.4 Å². The molecule has 7 nitrogen and oxygen atoms in total. The third-order valence-electron chi connectivity index (χ3n) is 4.71. The maximum absolute atomic E-state index is 13.2. The number of phenols is 1. The van der Waals surface area contributed by atoms with Gasteiger partial charge in [-0.15, -0.1) is 0 Å². The van der Waals surface area contributed by atoms with Gasteiger partial charge in [0, 0.05) is 11.3 Å². The van der Waals surface area contributed by atoms with E-state index in [0.717, 1.165) is 5.56 Å². The fourth-order valence-electron chi connectivity index (χ4n) is 3.18. The molecule has 0 saturated carbocycles. The van der Waals surface area contributed by atoms with Crippen molar-refractivity contribution in [1.82, 2.24) is 10.4 Å². The predicted molar refractivity (Wildman–Crippen MR) is 108 cm³/mol. The summed E-state index contributed by atoms with van der Waals surface area (Å²) in [7, 11) is 1.58. The van der Waals surface area contributed by atoms with Crippen LogP contribution in [0.25, 0.3) is 0 Å². The van der Waals surface area contributed by atoms with Gasteiger partial charge in [0.2, 0.25) is 0 Å². The molecule has 146 valence electrons. The number of methoxy groups -OCH3 is 1. The number of hydrogen-bond donors (Lipinski definition) is 3. The number of amides is 2. The molecule has 1 aliphatic heterocycles. The Morgan fingerprint density at radius 2 is 1.72 bits per heavy atom. The molecule has 4 rings (SSSR count). The normalized spacial score (nSPS) is 15.3. The summed E-state index contributed by atoms with van der Waals surface area (Å²) < 4.78 is 5.20. The van der Waals surface area contributed by atoms with Crippen LogP contribution in [0.15, 0.2) is 72.8 Å². The molecule has 1 atom stereocenters. The minimum atomic E-state index is -0.607. The number of carbonyl (C=O) groups is 2. The Labute approximate surface area is 167 Å². The SMILES string of the molecule is COc1ccc(C2Nc3ccccc3C(=O)N2NC(=O)c2ccc(O)cc2)cc1. The summed E-state index contributed by atoms with van der Waals surface area (Å²) in [5, 5.41) is 14.0. The molecule has 3 aromatic rings. The number of nitrogens with one attached hydrogen (secondary N) is 2. The van der Waals surface area contributed by atoms with Gasteiger partial charge < -0.3 is 15.2 Å². The van der Waals surface area contributed by atoms with E-state index in [9.17, 15) is 14.7 Å². The third kappa shape index (κ3) is 3.58. The van der Waals surface area contributed by atoms with Gasteiger partial charge in [-0.2, -0.15) is 0 Å². The van der Waals surface area contributed by atoms with Crippen molar-refractivity contribution < 1.29 is 19.4 Å². The Morgan fingerprint density at radius 3 is 2.41 bits per heavy atom.